The third-order valence-corrected chi connectivity index (χ3v) is 7.27. The molecule has 2 fully saturated rings. The average molecular weight is 420 g/mol. The molecule has 1 saturated heterocycles. The summed E-state index contributed by atoms with van der Waals surface area (Å²) in [5.74, 6) is 0. The molecule has 3 atom stereocenters. The molecule has 1 unspecified atom stereocenters. The van der Waals surface area contributed by atoms with Gasteiger partial charge in [0, 0.05) is 34.3 Å². The van der Waals surface area contributed by atoms with Crippen LogP contribution < -0.4 is 4.90 Å². The SMILES string of the molecule is C=C1CC[C@@H]2N(C/C(I)=C/C)CC[C@@]23c2ccccc2N(C)C13. The molecule has 0 radical (unpaired) electrons. The lowest BCUT2D eigenvalue weighted by molar-refractivity contribution is 0.182. The first-order valence-corrected chi connectivity index (χ1v) is 9.72. The minimum atomic E-state index is 0.255. The van der Waals surface area contributed by atoms with Crippen LogP contribution in [0.5, 0.6) is 0 Å². The Balaban J connectivity index is 1.81. The first kappa shape index (κ1) is 15.7. The summed E-state index contributed by atoms with van der Waals surface area (Å²) >= 11 is 2.50. The van der Waals surface area contributed by atoms with Crippen molar-refractivity contribution < 1.29 is 0 Å². The van der Waals surface area contributed by atoms with E-state index >= 15 is 0 Å². The van der Waals surface area contributed by atoms with Gasteiger partial charge in [-0.3, -0.25) is 4.90 Å². The molecule has 0 bridgehead atoms. The normalized spacial score (nSPS) is 33.6. The number of hydrogen-bond acceptors (Lipinski definition) is 2. The average Bonchev–Trinajstić information content (AvgIpc) is 3.05. The van der Waals surface area contributed by atoms with Crippen molar-refractivity contribution in [3.05, 3.63) is 51.6 Å². The van der Waals surface area contributed by atoms with Crippen LogP contribution in [0.2, 0.25) is 0 Å². The summed E-state index contributed by atoms with van der Waals surface area (Å²) in [4.78, 5) is 5.24. The Bertz CT molecular complexity index is 680. The van der Waals surface area contributed by atoms with E-state index in [9.17, 15) is 0 Å². The fourth-order valence-electron chi connectivity index (χ4n) is 5.43. The smallest absolute Gasteiger partial charge is 0.0609 e. The molecule has 1 aliphatic carbocycles. The van der Waals surface area contributed by atoms with Gasteiger partial charge in [0.2, 0.25) is 0 Å². The fourth-order valence-corrected chi connectivity index (χ4v) is 5.87. The molecule has 1 spiro atoms. The van der Waals surface area contributed by atoms with E-state index < -0.39 is 0 Å². The standard InChI is InChI=1S/C20H25IN2/c1-4-15(21)13-23-12-11-20-16-7-5-6-8-17(16)22(3)19(20)14(2)9-10-18(20)23/h4-8,18-19H,2,9-13H2,1,3H3/b15-4-/t18-,19?,20+/m0/s1. The van der Waals surface area contributed by atoms with E-state index in [1.165, 1.54) is 40.6 Å². The van der Waals surface area contributed by atoms with Gasteiger partial charge in [0.15, 0.2) is 0 Å². The van der Waals surface area contributed by atoms with Crippen molar-refractivity contribution in [2.75, 3.05) is 25.0 Å². The van der Waals surface area contributed by atoms with E-state index in [0.717, 1.165) is 6.54 Å². The molecule has 0 aromatic heterocycles. The second kappa shape index (κ2) is 5.62. The molecule has 0 amide bonds. The van der Waals surface area contributed by atoms with E-state index in [1.807, 2.05) is 0 Å². The van der Waals surface area contributed by atoms with E-state index in [-0.39, 0.29) is 5.41 Å². The summed E-state index contributed by atoms with van der Waals surface area (Å²) in [6.07, 6.45) is 5.93. The van der Waals surface area contributed by atoms with Crippen molar-refractivity contribution in [1.29, 1.82) is 0 Å². The molecule has 3 heteroatoms. The van der Waals surface area contributed by atoms with Crippen molar-refractivity contribution in [2.24, 2.45) is 0 Å². The fraction of sp³-hybridized carbons (Fsp3) is 0.500. The molecular formula is C20H25IN2. The number of fused-ring (bicyclic) bond motifs is 1. The number of halogens is 1. The molecule has 4 rings (SSSR count). The van der Waals surface area contributed by atoms with Crippen LogP contribution in [-0.2, 0) is 5.41 Å². The molecule has 23 heavy (non-hydrogen) atoms. The quantitative estimate of drug-likeness (QED) is 0.513. The third-order valence-electron chi connectivity index (χ3n) is 6.30. The van der Waals surface area contributed by atoms with Crippen LogP contribution in [0.4, 0.5) is 5.69 Å². The molecule has 1 aromatic rings. The number of likely N-dealkylation sites (N-methyl/N-ethyl adjacent to an activating group) is 1. The summed E-state index contributed by atoms with van der Waals surface area (Å²) in [6.45, 7) is 8.94. The molecular weight excluding hydrogens is 395 g/mol. The first-order valence-electron chi connectivity index (χ1n) is 8.64. The van der Waals surface area contributed by atoms with Crippen molar-refractivity contribution in [1.82, 2.24) is 4.90 Å². The lowest BCUT2D eigenvalue weighted by Gasteiger charge is -2.46. The highest BCUT2D eigenvalue weighted by atomic mass is 127. The van der Waals surface area contributed by atoms with Gasteiger partial charge in [0.25, 0.3) is 0 Å². The van der Waals surface area contributed by atoms with Crippen LogP contribution in [-0.4, -0.2) is 37.1 Å². The highest BCUT2D eigenvalue weighted by Gasteiger charge is 2.61. The zero-order valence-corrected chi connectivity index (χ0v) is 16.2. The van der Waals surface area contributed by atoms with Crippen molar-refractivity contribution in [2.45, 2.75) is 43.7 Å². The zero-order valence-electron chi connectivity index (χ0n) is 14.1. The predicted molar refractivity (Wildman–Crippen MR) is 106 cm³/mol. The molecule has 0 N–H and O–H groups in total. The molecule has 122 valence electrons. The van der Waals surface area contributed by atoms with Crippen LogP contribution >= 0.6 is 22.6 Å². The van der Waals surface area contributed by atoms with Crippen molar-refractivity contribution in [3.8, 4) is 0 Å². The van der Waals surface area contributed by atoms with Gasteiger partial charge >= 0.3 is 0 Å². The van der Waals surface area contributed by atoms with Crippen LogP contribution in [0.3, 0.4) is 0 Å². The van der Waals surface area contributed by atoms with Gasteiger partial charge in [-0.05, 0) is 67.0 Å². The first-order chi connectivity index (χ1) is 11.1. The molecule has 1 saturated carbocycles. The minimum Gasteiger partial charge on any atom is -0.367 e. The minimum absolute atomic E-state index is 0.255. The summed E-state index contributed by atoms with van der Waals surface area (Å²) in [7, 11) is 2.27. The Hall–Kier alpha value is -0.810. The molecule has 2 nitrogen and oxygen atoms in total. The highest BCUT2D eigenvalue weighted by Crippen LogP contribution is 2.58. The van der Waals surface area contributed by atoms with Gasteiger partial charge in [-0.2, -0.15) is 0 Å². The van der Waals surface area contributed by atoms with Gasteiger partial charge < -0.3 is 4.90 Å². The third kappa shape index (κ3) is 2.08. The van der Waals surface area contributed by atoms with Gasteiger partial charge in [-0.25, -0.2) is 0 Å². The number of anilines is 1. The Morgan fingerprint density at radius 2 is 2.22 bits per heavy atom. The van der Waals surface area contributed by atoms with Crippen LogP contribution in [0, 0.1) is 0 Å². The lowest BCUT2D eigenvalue weighted by atomic mass is 9.63. The lowest BCUT2D eigenvalue weighted by Crippen LogP contribution is -2.55. The maximum absolute atomic E-state index is 4.47. The summed E-state index contributed by atoms with van der Waals surface area (Å²) in [6, 6.07) is 10.2. The van der Waals surface area contributed by atoms with Crippen LogP contribution in [0.25, 0.3) is 0 Å². The van der Waals surface area contributed by atoms with E-state index in [0.29, 0.717) is 12.1 Å². The topological polar surface area (TPSA) is 6.48 Å². The van der Waals surface area contributed by atoms with Crippen LogP contribution in [0.15, 0.2) is 46.1 Å². The van der Waals surface area contributed by atoms with Gasteiger partial charge in [0.05, 0.1) is 6.04 Å². The highest BCUT2D eigenvalue weighted by molar-refractivity contribution is 14.1. The van der Waals surface area contributed by atoms with E-state index in [1.54, 1.807) is 5.56 Å². The summed E-state index contributed by atoms with van der Waals surface area (Å²) in [5.41, 5.74) is 4.68. The molecule has 3 aliphatic rings. The number of allylic oxidation sites excluding steroid dienone is 1. The largest absolute Gasteiger partial charge is 0.367 e. The summed E-state index contributed by atoms with van der Waals surface area (Å²) in [5, 5.41) is 0. The van der Waals surface area contributed by atoms with E-state index in [2.05, 4.69) is 83.3 Å². The van der Waals surface area contributed by atoms with Gasteiger partial charge in [-0.1, -0.05) is 36.4 Å². The second-order valence-electron chi connectivity index (χ2n) is 7.24. The number of nitrogens with zero attached hydrogens (tertiary/aromatic N) is 2. The summed E-state index contributed by atoms with van der Waals surface area (Å²) < 4.78 is 1.46. The maximum Gasteiger partial charge on any atom is 0.0609 e. The Labute approximate surface area is 153 Å². The number of para-hydroxylation sites is 1. The zero-order chi connectivity index (χ0) is 16.2. The number of likely N-dealkylation sites (tertiary alicyclic amines) is 1. The molecule has 2 heterocycles. The number of benzene rings is 1. The van der Waals surface area contributed by atoms with Crippen molar-refractivity contribution in [3.63, 3.8) is 0 Å². The monoisotopic (exact) mass is 420 g/mol. The second-order valence-corrected chi connectivity index (χ2v) is 8.63. The molecule has 1 aromatic carbocycles. The van der Waals surface area contributed by atoms with Gasteiger partial charge in [0.1, 0.15) is 0 Å². The maximum atomic E-state index is 4.47. The molecule has 2 aliphatic heterocycles. The Morgan fingerprint density at radius 3 is 3.00 bits per heavy atom. The Kier molecular flexibility index (Phi) is 3.84. The predicted octanol–water partition coefficient (Wildman–Crippen LogP) is 4.51. The van der Waals surface area contributed by atoms with Crippen LogP contribution in [0.1, 0.15) is 31.7 Å². The number of hydrogen-bond donors (Lipinski definition) is 0. The Morgan fingerprint density at radius 1 is 1.43 bits per heavy atom. The van der Waals surface area contributed by atoms with E-state index in [4.69, 9.17) is 0 Å². The van der Waals surface area contributed by atoms with Gasteiger partial charge in [-0.15, -0.1) is 0 Å². The number of rotatable bonds is 2. The van der Waals surface area contributed by atoms with Crippen molar-refractivity contribution >= 4 is 28.3 Å².